The first-order valence-electron chi connectivity index (χ1n) is 6.56. The van der Waals surface area contributed by atoms with Gasteiger partial charge >= 0.3 is 12.1 Å². The van der Waals surface area contributed by atoms with Crippen molar-refractivity contribution in [2.45, 2.75) is 59.3 Å². The molecule has 1 N–H and O–H groups in total. The minimum Gasteiger partial charge on any atom is -0.479 e. The standard InChI is InChI=1S/C14H27NO5/c1-9(14(5,6)10(19-8)11(16)17)15(7)12(18)20-13(2,3)4/h9-10H,1-8H3,(H,16,17). The fraction of sp³-hybridized carbons (Fsp3) is 0.857. The van der Waals surface area contributed by atoms with Crippen LogP contribution >= 0.6 is 0 Å². The Morgan fingerprint density at radius 2 is 1.60 bits per heavy atom. The van der Waals surface area contributed by atoms with E-state index in [4.69, 9.17) is 9.47 Å². The van der Waals surface area contributed by atoms with Gasteiger partial charge in [0.2, 0.25) is 0 Å². The summed E-state index contributed by atoms with van der Waals surface area (Å²) in [5.74, 6) is -1.05. The Morgan fingerprint density at radius 3 is 1.90 bits per heavy atom. The van der Waals surface area contributed by atoms with E-state index in [0.717, 1.165) is 0 Å². The van der Waals surface area contributed by atoms with Crippen LogP contribution in [0.2, 0.25) is 0 Å². The number of carboxylic acid groups (broad SMARTS) is 1. The van der Waals surface area contributed by atoms with Gasteiger partial charge in [-0.2, -0.15) is 0 Å². The highest BCUT2D eigenvalue weighted by Gasteiger charge is 2.43. The Bertz CT molecular complexity index is 359. The second-order valence-electron chi connectivity index (χ2n) is 6.54. The lowest BCUT2D eigenvalue weighted by molar-refractivity contribution is -0.159. The predicted molar refractivity (Wildman–Crippen MR) is 75.7 cm³/mol. The van der Waals surface area contributed by atoms with E-state index < -0.39 is 29.2 Å². The maximum absolute atomic E-state index is 12.0. The number of nitrogens with zero attached hydrogens (tertiary/aromatic N) is 1. The van der Waals surface area contributed by atoms with Gasteiger partial charge in [0.25, 0.3) is 0 Å². The molecule has 2 unspecified atom stereocenters. The maximum Gasteiger partial charge on any atom is 0.410 e. The number of ether oxygens (including phenoxy) is 2. The van der Waals surface area contributed by atoms with E-state index >= 15 is 0 Å². The molecule has 0 fully saturated rings. The second kappa shape index (κ2) is 6.43. The van der Waals surface area contributed by atoms with E-state index in [2.05, 4.69) is 0 Å². The Kier molecular flexibility index (Phi) is 6.02. The highest BCUT2D eigenvalue weighted by atomic mass is 16.6. The van der Waals surface area contributed by atoms with Crippen LogP contribution in [0.1, 0.15) is 41.5 Å². The third-order valence-corrected chi connectivity index (χ3v) is 3.47. The van der Waals surface area contributed by atoms with Crippen LogP contribution in [-0.2, 0) is 14.3 Å². The number of carbonyl (C=O) groups excluding carboxylic acids is 1. The number of aliphatic carboxylic acids is 1. The Morgan fingerprint density at radius 1 is 1.15 bits per heavy atom. The zero-order valence-corrected chi connectivity index (χ0v) is 13.7. The molecule has 0 radical (unpaired) electrons. The van der Waals surface area contributed by atoms with Gasteiger partial charge in [-0.3, -0.25) is 0 Å². The molecule has 0 aromatic rings. The van der Waals surface area contributed by atoms with Gasteiger partial charge in [0.1, 0.15) is 5.60 Å². The molecule has 20 heavy (non-hydrogen) atoms. The molecule has 0 aliphatic carbocycles. The van der Waals surface area contributed by atoms with Crippen molar-refractivity contribution < 1.29 is 24.2 Å². The summed E-state index contributed by atoms with van der Waals surface area (Å²) in [6.07, 6.45) is -1.50. The van der Waals surface area contributed by atoms with E-state index in [9.17, 15) is 14.7 Å². The fourth-order valence-corrected chi connectivity index (χ4v) is 1.93. The summed E-state index contributed by atoms with van der Waals surface area (Å²) >= 11 is 0. The first-order chi connectivity index (χ1) is 8.84. The molecular formula is C14H27NO5. The number of hydrogen-bond donors (Lipinski definition) is 1. The second-order valence-corrected chi connectivity index (χ2v) is 6.54. The Hall–Kier alpha value is -1.30. The van der Waals surface area contributed by atoms with Crippen LogP contribution in [0.5, 0.6) is 0 Å². The number of amides is 1. The number of carboxylic acids is 1. The Labute approximate surface area is 121 Å². The molecule has 6 nitrogen and oxygen atoms in total. The van der Waals surface area contributed by atoms with Gasteiger partial charge < -0.3 is 19.5 Å². The fourth-order valence-electron chi connectivity index (χ4n) is 1.93. The smallest absolute Gasteiger partial charge is 0.410 e. The average molecular weight is 289 g/mol. The minimum atomic E-state index is -1.05. The number of carbonyl (C=O) groups is 2. The maximum atomic E-state index is 12.0. The lowest BCUT2D eigenvalue weighted by Gasteiger charge is -2.41. The largest absolute Gasteiger partial charge is 0.479 e. The topological polar surface area (TPSA) is 76.1 Å². The first kappa shape index (κ1) is 18.7. The third kappa shape index (κ3) is 4.67. The van der Waals surface area contributed by atoms with Crippen molar-refractivity contribution in [2.75, 3.05) is 14.2 Å². The summed E-state index contributed by atoms with van der Waals surface area (Å²) in [6.45, 7) is 10.6. The summed E-state index contributed by atoms with van der Waals surface area (Å²) in [7, 11) is 2.94. The van der Waals surface area contributed by atoms with Gasteiger partial charge in [0.05, 0.1) is 0 Å². The van der Waals surface area contributed by atoms with E-state index in [0.29, 0.717) is 0 Å². The molecular weight excluding hydrogens is 262 g/mol. The van der Waals surface area contributed by atoms with Gasteiger partial charge in [-0.1, -0.05) is 13.8 Å². The van der Waals surface area contributed by atoms with E-state index in [1.165, 1.54) is 12.0 Å². The first-order valence-corrected chi connectivity index (χ1v) is 6.56. The summed E-state index contributed by atoms with van der Waals surface area (Å²) < 4.78 is 10.3. The van der Waals surface area contributed by atoms with Crippen molar-refractivity contribution in [1.29, 1.82) is 0 Å². The molecule has 0 saturated carbocycles. The van der Waals surface area contributed by atoms with Crippen LogP contribution < -0.4 is 0 Å². The summed E-state index contributed by atoms with van der Waals surface area (Å²) in [5.41, 5.74) is -1.37. The van der Waals surface area contributed by atoms with Crippen LogP contribution in [0.15, 0.2) is 0 Å². The summed E-state index contributed by atoms with van der Waals surface area (Å²) in [4.78, 5) is 24.7. The zero-order valence-electron chi connectivity index (χ0n) is 13.7. The molecule has 6 heteroatoms. The quantitative estimate of drug-likeness (QED) is 0.841. The van der Waals surface area contributed by atoms with Crippen LogP contribution in [0, 0.1) is 5.41 Å². The van der Waals surface area contributed by atoms with Crippen LogP contribution in [0.3, 0.4) is 0 Å². The minimum absolute atomic E-state index is 0.376. The van der Waals surface area contributed by atoms with Crippen LogP contribution in [0.4, 0.5) is 4.79 Å². The number of hydrogen-bond acceptors (Lipinski definition) is 4. The molecule has 0 saturated heterocycles. The van der Waals surface area contributed by atoms with E-state index in [1.54, 1.807) is 48.6 Å². The summed E-state index contributed by atoms with van der Waals surface area (Å²) in [6, 6.07) is -0.376. The van der Waals surface area contributed by atoms with Crippen molar-refractivity contribution in [2.24, 2.45) is 5.41 Å². The molecule has 2 atom stereocenters. The van der Waals surface area contributed by atoms with Gasteiger partial charge in [-0.05, 0) is 27.7 Å². The average Bonchev–Trinajstić information content (AvgIpc) is 2.24. The van der Waals surface area contributed by atoms with Gasteiger partial charge in [0, 0.05) is 25.6 Å². The molecule has 0 bridgehead atoms. The van der Waals surface area contributed by atoms with Gasteiger partial charge in [0.15, 0.2) is 6.10 Å². The van der Waals surface area contributed by atoms with Crippen LogP contribution in [0.25, 0.3) is 0 Å². The molecule has 0 rings (SSSR count). The third-order valence-electron chi connectivity index (χ3n) is 3.47. The summed E-state index contributed by atoms with van der Waals surface area (Å²) in [5, 5.41) is 9.20. The molecule has 0 heterocycles. The molecule has 0 aliphatic heterocycles. The van der Waals surface area contributed by atoms with E-state index in [1.807, 2.05) is 0 Å². The molecule has 0 aliphatic rings. The molecule has 118 valence electrons. The molecule has 0 spiro atoms. The van der Waals surface area contributed by atoms with Gasteiger partial charge in [-0.25, -0.2) is 9.59 Å². The predicted octanol–water partition coefficient (Wildman–Crippen LogP) is 2.37. The SMILES string of the molecule is COC(C(=O)O)C(C)(C)C(C)N(C)C(=O)OC(C)(C)C. The van der Waals surface area contributed by atoms with Crippen molar-refractivity contribution in [3.05, 3.63) is 0 Å². The number of rotatable bonds is 5. The normalized spacial score (nSPS) is 15.4. The number of methoxy groups -OCH3 is 1. The van der Waals surface area contributed by atoms with Crippen LogP contribution in [-0.4, -0.2) is 54.0 Å². The van der Waals surface area contributed by atoms with Crippen molar-refractivity contribution >= 4 is 12.1 Å². The monoisotopic (exact) mass is 289 g/mol. The highest BCUT2D eigenvalue weighted by molar-refractivity contribution is 5.74. The van der Waals surface area contributed by atoms with Crippen molar-refractivity contribution in [3.63, 3.8) is 0 Å². The van der Waals surface area contributed by atoms with Crippen molar-refractivity contribution in [3.8, 4) is 0 Å². The lowest BCUT2D eigenvalue weighted by Crippen LogP contribution is -2.53. The van der Waals surface area contributed by atoms with Crippen molar-refractivity contribution in [1.82, 2.24) is 4.90 Å². The van der Waals surface area contributed by atoms with Gasteiger partial charge in [-0.15, -0.1) is 0 Å². The zero-order chi connectivity index (χ0) is 16.3. The molecule has 0 aromatic carbocycles. The Balaban J connectivity index is 5.08. The molecule has 0 aromatic heterocycles. The highest BCUT2D eigenvalue weighted by Crippen LogP contribution is 2.31. The molecule has 1 amide bonds. The van der Waals surface area contributed by atoms with E-state index in [-0.39, 0.29) is 6.04 Å². The lowest BCUT2D eigenvalue weighted by atomic mass is 9.79.